The number of rotatable bonds is 3. The van der Waals surface area contributed by atoms with Crippen molar-refractivity contribution in [1.29, 1.82) is 0 Å². The Balaban J connectivity index is 2.31. The maximum absolute atomic E-state index is 12.0. The average molecular weight is 357 g/mol. The summed E-state index contributed by atoms with van der Waals surface area (Å²) >= 11 is 4.74. The summed E-state index contributed by atoms with van der Waals surface area (Å²) in [4.78, 5) is 16.5. The standard InChI is InChI=1S/C14H17BrN2O2S/c1-3-19-12(18)11-8-14(2,17-13(16)20-11)9-5-4-6-10(15)7-9/h4-7,11H,3,8H2,1-2H3,(H2,16,17). The number of esters is 1. The van der Waals surface area contributed by atoms with E-state index in [1.165, 1.54) is 11.8 Å². The molecule has 1 aromatic rings. The molecular formula is C14H17BrN2O2S. The van der Waals surface area contributed by atoms with E-state index >= 15 is 0 Å². The van der Waals surface area contributed by atoms with Gasteiger partial charge in [0.15, 0.2) is 5.17 Å². The molecule has 1 aromatic carbocycles. The second kappa shape index (κ2) is 6.18. The first-order valence-electron chi connectivity index (χ1n) is 6.39. The lowest BCUT2D eigenvalue weighted by Gasteiger charge is -2.33. The first-order valence-corrected chi connectivity index (χ1v) is 8.06. The molecule has 1 heterocycles. The highest BCUT2D eigenvalue weighted by Gasteiger charge is 2.38. The molecule has 1 aliphatic rings. The second-order valence-corrected chi connectivity index (χ2v) is 6.94. The number of thioether (sulfide) groups is 1. The number of nitrogens with two attached hydrogens (primary N) is 1. The van der Waals surface area contributed by atoms with Crippen molar-refractivity contribution in [1.82, 2.24) is 0 Å². The molecule has 0 saturated carbocycles. The molecule has 2 atom stereocenters. The highest BCUT2D eigenvalue weighted by Crippen LogP contribution is 2.39. The van der Waals surface area contributed by atoms with Gasteiger partial charge in [-0.2, -0.15) is 0 Å². The summed E-state index contributed by atoms with van der Waals surface area (Å²) in [5, 5.41) is 0.119. The van der Waals surface area contributed by atoms with Gasteiger partial charge in [0, 0.05) is 4.47 Å². The van der Waals surface area contributed by atoms with E-state index in [0.717, 1.165) is 10.0 Å². The van der Waals surface area contributed by atoms with Crippen LogP contribution in [0.3, 0.4) is 0 Å². The number of hydrogen-bond donors (Lipinski definition) is 1. The molecule has 0 radical (unpaired) electrons. The fraction of sp³-hybridized carbons (Fsp3) is 0.429. The first kappa shape index (κ1) is 15.4. The third-order valence-corrected chi connectivity index (χ3v) is 4.67. The molecule has 2 rings (SSSR count). The van der Waals surface area contributed by atoms with Crippen molar-refractivity contribution >= 4 is 38.8 Å². The third-order valence-electron chi connectivity index (χ3n) is 3.20. The molecule has 0 spiro atoms. The molecule has 20 heavy (non-hydrogen) atoms. The minimum atomic E-state index is -0.503. The van der Waals surface area contributed by atoms with E-state index in [0.29, 0.717) is 18.2 Å². The molecule has 0 fully saturated rings. The lowest BCUT2D eigenvalue weighted by Crippen LogP contribution is -2.37. The SMILES string of the molecule is CCOC(=O)C1CC(C)(c2cccc(Br)c2)N=C(N)S1. The number of aliphatic imine (C=N–C) groups is 1. The van der Waals surface area contributed by atoms with Gasteiger partial charge in [0.05, 0.1) is 12.1 Å². The van der Waals surface area contributed by atoms with Crippen LogP contribution in [0.4, 0.5) is 0 Å². The molecule has 1 aliphatic heterocycles. The van der Waals surface area contributed by atoms with Crippen LogP contribution >= 0.6 is 27.7 Å². The minimum Gasteiger partial charge on any atom is -0.465 e. The van der Waals surface area contributed by atoms with Crippen molar-refractivity contribution in [2.75, 3.05) is 6.61 Å². The first-order chi connectivity index (χ1) is 9.44. The molecule has 0 amide bonds. The van der Waals surface area contributed by atoms with Crippen LogP contribution in [0, 0.1) is 0 Å². The predicted molar refractivity (Wildman–Crippen MR) is 85.7 cm³/mol. The molecule has 6 heteroatoms. The number of benzene rings is 1. The monoisotopic (exact) mass is 356 g/mol. The third kappa shape index (κ3) is 3.35. The number of halogens is 1. The molecule has 0 saturated heterocycles. The minimum absolute atomic E-state index is 0.225. The zero-order valence-electron chi connectivity index (χ0n) is 11.4. The molecule has 0 aliphatic carbocycles. The Morgan fingerprint density at radius 2 is 2.40 bits per heavy atom. The Bertz CT molecular complexity index is 550. The van der Waals surface area contributed by atoms with Gasteiger partial charge in [0.1, 0.15) is 5.25 Å². The van der Waals surface area contributed by atoms with E-state index in [9.17, 15) is 4.79 Å². The van der Waals surface area contributed by atoms with Gasteiger partial charge in [0.25, 0.3) is 0 Å². The van der Waals surface area contributed by atoms with E-state index in [1.54, 1.807) is 6.92 Å². The highest BCUT2D eigenvalue weighted by atomic mass is 79.9. The van der Waals surface area contributed by atoms with Gasteiger partial charge >= 0.3 is 5.97 Å². The number of carbonyl (C=O) groups is 1. The van der Waals surface area contributed by atoms with Crippen LogP contribution in [-0.4, -0.2) is 23.0 Å². The Labute approximate surface area is 131 Å². The van der Waals surface area contributed by atoms with Crippen molar-refractivity contribution in [3.05, 3.63) is 34.3 Å². The van der Waals surface area contributed by atoms with Crippen molar-refractivity contribution in [3.8, 4) is 0 Å². The van der Waals surface area contributed by atoms with Gasteiger partial charge in [-0.05, 0) is 38.0 Å². The quantitative estimate of drug-likeness (QED) is 0.845. The van der Waals surface area contributed by atoms with Crippen molar-refractivity contribution in [2.24, 2.45) is 10.7 Å². The molecule has 2 unspecified atom stereocenters. The van der Waals surface area contributed by atoms with Crippen LogP contribution in [0.2, 0.25) is 0 Å². The number of carbonyl (C=O) groups excluding carboxylic acids is 1. The van der Waals surface area contributed by atoms with Gasteiger partial charge in [-0.15, -0.1) is 0 Å². The van der Waals surface area contributed by atoms with Crippen molar-refractivity contribution in [3.63, 3.8) is 0 Å². The maximum Gasteiger partial charge on any atom is 0.319 e. The highest BCUT2D eigenvalue weighted by molar-refractivity contribution is 9.10. The maximum atomic E-state index is 12.0. The van der Waals surface area contributed by atoms with Crippen LogP contribution in [0.15, 0.2) is 33.7 Å². The van der Waals surface area contributed by atoms with Gasteiger partial charge in [-0.1, -0.05) is 39.8 Å². The predicted octanol–water partition coefficient (Wildman–Crippen LogP) is 3.05. The van der Waals surface area contributed by atoms with Crippen molar-refractivity contribution in [2.45, 2.75) is 31.1 Å². The van der Waals surface area contributed by atoms with Crippen LogP contribution in [0.5, 0.6) is 0 Å². The van der Waals surface area contributed by atoms with Gasteiger partial charge in [0.2, 0.25) is 0 Å². The Morgan fingerprint density at radius 3 is 3.05 bits per heavy atom. The van der Waals surface area contributed by atoms with Gasteiger partial charge in [-0.3, -0.25) is 9.79 Å². The topological polar surface area (TPSA) is 64.7 Å². The number of amidine groups is 1. The molecule has 108 valence electrons. The van der Waals surface area contributed by atoms with E-state index < -0.39 is 5.54 Å². The Morgan fingerprint density at radius 1 is 1.65 bits per heavy atom. The summed E-state index contributed by atoms with van der Waals surface area (Å²) < 4.78 is 6.09. The number of nitrogens with zero attached hydrogens (tertiary/aromatic N) is 1. The molecular weight excluding hydrogens is 340 g/mol. The van der Waals surface area contributed by atoms with E-state index in [4.69, 9.17) is 10.5 Å². The summed E-state index contributed by atoms with van der Waals surface area (Å²) in [5.41, 5.74) is 6.43. The Kier molecular flexibility index (Phi) is 4.75. The lowest BCUT2D eigenvalue weighted by molar-refractivity contribution is -0.142. The van der Waals surface area contributed by atoms with Crippen LogP contribution < -0.4 is 5.73 Å². The summed E-state index contributed by atoms with van der Waals surface area (Å²) in [6.45, 7) is 4.17. The normalized spacial score (nSPS) is 25.9. The van der Waals surface area contributed by atoms with Crippen LogP contribution in [0.25, 0.3) is 0 Å². The van der Waals surface area contributed by atoms with E-state index in [2.05, 4.69) is 20.9 Å². The molecule has 4 nitrogen and oxygen atoms in total. The smallest absolute Gasteiger partial charge is 0.319 e. The van der Waals surface area contributed by atoms with Gasteiger partial charge < -0.3 is 10.5 Å². The van der Waals surface area contributed by atoms with Crippen LogP contribution in [0.1, 0.15) is 25.8 Å². The number of hydrogen-bond acceptors (Lipinski definition) is 5. The molecule has 0 aromatic heterocycles. The van der Waals surface area contributed by atoms with Crippen molar-refractivity contribution < 1.29 is 9.53 Å². The van der Waals surface area contributed by atoms with Crippen LogP contribution in [-0.2, 0) is 15.1 Å². The lowest BCUT2D eigenvalue weighted by atomic mass is 9.87. The largest absolute Gasteiger partial charge is 0.465 e. The zero-order chi connectivity index (χ0) is 14.8. The van der Waals surface area contributed by atoms with E-state index in [-0.39, 0.29) is 11.2 Å². The fourth-order valence-corrected chi connectivity index (χ4v) is 3.75. The Hall–Kier alpha value is -1.01. The second-order valence-electron chi connectivity index (χ2n) is 4.80. The summed E-state index contributed by atoms with van der Waals surface area (Å²) in [6, 6.07) is 7.92. The van der Waals surface area contributed by atoms with E-state index in [1.807, 2.05) is 31.2 Å². The zero-order valence-corrected chi connectivity index (χ0v) is 13.8. The average Bonchev–Trinajstić information content (AvgIpc) is 2.38. The number of ether oxygens (including phenoxy) is 1. The molecule has 2 N–H and O–H groups in total. The summed E-state index contributed by atoms with van der Waals surface area (Å²) in [5.74, 6) is -0.225. The summed E-state index contributed by atoms with van der Waals surface area (Å²) in [7, 11) is 0. The van der Waals surface area contributed by atoms with Gasteiger partial charge in [-0.25, -0.2) is 0 Å². The summed E-state index contributed by atoms with van der Waals surface area (Å²) in [6.07, 6.45) is 0.577. The molecule has 0 bridgehead atoms. The fourth-order valence-electron chi connectivity index (χ4n) is 2.24.